The molecule has 168 valence electrons. The van der Waals surface area contributed by atoms with Gasteiger partial charge in [-0.2, -0.15) is 0 Å². The number of hydrogen-bond donors (Lipinski definition) is 4. The molecule has 1 aromatic heterocycles. The van der Waals surface area contributed by atoms with Crippen LogP contribution in [0.5, 0.6) is 0 Å². The van der Waals surface area contributed by atoms with Gasteiger partial charge in [0, 0.05) is 12.3 Å². The number of nitrogen functional groups attached to an aromatic ring is 1. The summed E-state index contributed by atoms with van der Waals surface area (Å²) in [6.45, 7) is -0.659. The van der Waals surface area contributed by atoms with Crippen molar-refractivity contribution in [3.8, 4) is 0 Å². The number of aliphatic carboxylic acids is 1. The van der Waals surface area contributed by atoms with Crippen LogP contribution in [-0.4, -0.2) is 82.0 Å². The molecule has 0 aliphatic carbocycles. The summed E-state index contributed by atoms with van der Waals surface area (Å²) in [7, 11) is 1.25. The predicted octanol–water partition coefficient (Wildman–Crippen LogP) is -0.595. The molecule has 2 unspecified atom stereocenters. The number of ether oxygens (including phenoxy) is 1. The first kappa shape index (κ1) is 23.1. The number of carboxylic acid groups (broad SMARTS) is 1. The fourth-order valence-electron chi connectivity index (χ4n) is 3.07. The number of primary amides is 1. The molecule has 0 aromatic carbocycles. The summed E-state index contributed by atoms with van der Waals surface area (Å²) >= 11 is 5.49. The van der Waals surface area contributed by atoms with Gasteiger partial charge >= 0.3 is 12.1 Å². The van der Waals surface area contributed by atoms with Crippen molar-refractivity contribution in [2.45, 2.75) is 11.4 Å². The number of hydrogen-bond acceptors (Lipinski definition) is 11. The minimum absolute atomic E-state index is 0.0453. The topological polar surface area (TPSA) is 200 Å². The molecule has 13 nitrogen and oxygen atoms in total. The Labute approximate surface area is 191 Å². The first-order chi connectivity index (χ1) is 14.6. The van der Waals surface area contributed by atoms with Crippen LogP contribution in [0.4, 0.5) is 9.93 Å². The number of carbonyl (C=O) groups is 4. The monoisotopic (exact) mass is 536 g/mol. The Bertz CT molecular complexity index is 972. The number of fused-ring (bicyclic) bond motifs is 1. The minimum Gasteiger partial charge on any atom is -0.481 e. The highest BCUT2D eigenvalue weighted by molar-refractivity contribution is 9.11. The van der Waals surface area contributed by atoms with E-state index in [2.05, 4.69) is 36.1 Å². The van der Waals surface area contributed by atoms with Gasteiger partial charge < -0.3 is 36.4 Å². The number of nitrogens with zero attached hydrogens (tertiary/aromatic N) is 3. The van der Waals surface area contributed by atoms with Gasteiger partial charge in [-0.05, 0) is 15.9 Å². The van der Waals surface area contributed by atoms with Crippen molar-refractivity contribution in [3.05, 3.63) is 9.48 Å². The first-order valence-corrected chi connectivity index (χ1v) is 11.2. The molecule has 3 amide bonds. The van der Waals surface area contributed by atoms with Crippen LogP contribution in [0.3, 0.4) is 0 Å². The lowest BCUT2D eigenvalue weighted by Gasteiger charge is -2.53. The molecular formula is C15H17BrN6O7S2. The Morgan fingerprint density at radius 1 is 1.48 bits per heavy atom. The van der Waals surface area contributed by atoms with Crippen LogP contribution in [0.2, 0.25) is 0 Å². The zero-order chi connectivity index (χ0) is 22.9. The maximum Gasteiger partial charge on any atom is 0.404 e. The molecule has 31 heavy (non-hydrogen) atoms. The number of carboxylic acids is 1. The number of oxime groups is 1. The molecule has 3 heterocycles. The number of anilines is 1. The van der Waals surface area contributed by atoms with E-state index in [1.165, 1.54) is 12.0 Å². The third kappa shape index (κ3) is 4.40. The van der Waals surface area contributed by atoms with Crippen LogP contribution >= 0.6 is 39.0 Å². The summed E-state index contributed by atoms with van der Waals surface area (Å²) in [5.41, 5.74) is 9.08. The Kier molecular flexibility index (Phi) is 6.61. The van der Waals surface area contributed by atoms with Crippen LogP contribution in [0.25, 0.3) is 0 Å². The largest absolute Gasteiger partial charge is 0.481 e. The van der Waals surface area contributed by atoms with Crippen molar-refractivity contribution in [2.24, 2.45) is 16.3 Å². The molecule has 6 N–H and O–H groups in total. The molecule has 2 aliphatic heterocycles. The molecule has 2 saturated heterocycles. The third-order valence-corrected chi connectivity index (χ3v) is 7.72. The average Bonchev–Trinajstić information content (AvgIpc) is 3.05. The lowest BCUT2D eigenvalue weighted by Crippen LogP contribution is -2.74. The Hall–Kier alpha value is -2.59. The summed E-state index contributed by atoms with van der Waals surface area (Å²) in [4.78, 5) is 58.1. The summed E-state index contributed by atoms with van der Waals surface area (Å²) < 4.78 is 5.15. The van der Waals surface area contributed by atoms with E-state index in [0.29, 0.717) is 3.79 Å². The van der Waals surface area contributed by atoms with Gasteiger partial charge in [0.25, 0.3) is 5.91 Å². The Balaban J connectivity index is 1.72. The normalized spacial score (nSPS) is 25.3. The second-order valence-electron chi connectivity index (χ2n) is 6.61. The molecule has 3 atom stereocenters. The number of nitrogens with one attached hydrogen (secondary N) is 1. The van der Waals surface area contributed by atoms with Crippen molar-refractivity contribution in [1.82, 2.24) is 15.2 Å². The van der Waals surface area contributed by atoms with Gasteiger partial charge in [-0.15, -0.1) is 11.8 Å². The van der Waals surface area contributed by atoms with E-state index in [9.17, 15) is 24.3 Å². The van der Waals surface area contributed by atoms with Gasteiger partial charge in [0.2, 0.25) is 5.91 Å². The van der Waals surface area contributed by atoms with Crippen molar-refractivity contribution in [1.29, 1.82) is 0 Å². The number of nitrogens with two attached hydrogens (primary N) is 2. The van der Waals surface area contributed by atoms with Gasteiger partial charge in [0.15, 0.2) is 10.8 Å². The van der Waals surface area contributed by atoms with Crippen LogP contribution in [0, 0.1) is 5.41 Å². The van der Waals surface area contributed by atoms with Crippen LogP contribution in [-0.2, 0) is 24.0 Å². The zero-order valence-corrected chi connectivity index (χ0v) is 19.1. The molecule has 1 aromatic rings. The number of β-lactam (4-membered cyclic amide) rings is 1. The SMILES string of the molecule is CON=C(C(=O)NC1C(=O)N2CC(COC(N)=O)(C(=O)O)CS[C@H]12)c1nc(N)sc1Br. The van der Waals surface area contributed by atoms with Crippen molar-refractivity contribution < 1.29 is 33.9 Å². The fraction of sp³-hybridized carbons (Fsp3) is 0.467. The molecule has 0 radical (unpaired) electrons. The molecule has 2 aliphatic rings. The quantitative estimate of drug-likeness (QED) is 0.198. The number of thioether (sulfide) groups is 1. The maximum absolute atomic E-state index is 12.8. The van der Waals surface area contributed by atoms with E-state index in [-0.39, 0.29) is 28.8 Å². The third-order valence-electron chi connectivity index (χ3n) is 4.60. The van der Waals surface area contributed by atoms with Crippen LogP contribution in [0.15, 0.2) is 8.94 Å². The van der Waals surface area contributed by atoms with Gasteiger partial charge in [0.05, 0.1) is 0 Å². The predicted molar refractivity (Wildman–Crippen MR) is 113 cm³/mol. The number of aromatic nitrogens is 1. The summed E-state index contributed by atoms with van der Waals surface area (Å²) in [6.07, 6.45) is -1.10. The number of halogens is 1. The van der Waals surface area contributed by atoms with Gasteiger partial charge in [-0.25, -0.2) is 9.78 Å². The van der Waals surface area contributed by atoms with Crippen LogP contribution < -0.4 is 16.8 Å². The molecule has 3 rings (SSSR count). The molecule has 0 spiro atoms. The Morgan fingerprint density at radius 3 is 2.74 bits per heavy atom. The molecule has 0 bridgehead atoms. The second-order valence-corrected chi connectivity index (χ2v) is 10.1. The summed E-state index contributed by atoms with van der Waals surface area (Å²) in [5, 5.41) is 15.6. The number of thiazole rings is 1. The lowest BCUT2D eigenvalue weighted by molar-refractivity contribution is -0.160. The van der Waals surface area contributed by atoms with Gasteiger partial charge in [0.1, 0.15) is 40.0 Å². The fourth-order valence-corrected chi connectivity index (χ4v) is 5.93. The van der Waals surface area contributed by atoms with Crippen LogP contribution in [0.1, 0.15) is 5.69 Å². The van der Waals surface area contributed by atoms with Crippen molar-refractivity contribution in [2.75, 3.05) is 31.7 Å². The van der Waals surface area contributed by atoms with E-state index < -0.39 is 47.3 Å². The smallest absolute Gasteiger partial charge is 0.404 e. The van der Waals surface area contributed by atoms with E-state index in [4.69, 9.17) is 16.3 Å². The lowest BCUT2D eigenvalue weighted by atomic mass is 9.88. The van der Waals surface area contributed by atoms with E-state index in [1.807, 2.05) is 0 Å². The highest BCUT2D eigenvalue weighted by Crippen LogP contribution is 2.42. The minimum atomic E-state index is -1.49. The number of amides is 3. The highest BCUT2D eigenvalue weighted by Gasteiger charge is 2.58. The number of carbonyl (C=O) groups excluding carboxylic acids is 3. The van der Waals surface area contributed by atoms with Crippen molar-refractivity contribution >= 4 is 73.7 Å². The van der Waals surface area contributed by atoms with Gasteiger partial charge in [-0.3, -0.25) is 14.4 Å². The van der Waals surface area contributed by atoms with E-state index >= 15 is 0 Å². The molecule has 0 saturated carbocycles. The molecular weight excluding hydrogens is 520 g/mol. The summed E-state index contributed by atoms with van der Waals surface area (Å²) in [6, 6.07) is -0.904. The van der Waals surface area contributed by atoms with Crippen molar-refractivity contribution in [3.63, 3.8) is 0 Å². The average molecular weight is 537 g/mol. The molecule has 2 fully saturated rings. The number of rotatable bonds is 7. The zero-order valence-electron chi connectivity index (χ0n) is 15.9. The second kappa shape index (κ2) is 8.88. The van der Waals surface area contributed by atoms with E-state index in [0.717, 1.165) is 23.1 Å². The molecule has 16 heteroatoms. The Morgan fingerprint density at radius 2 is 2.19 bits per heavy atom. The van der Waals surface area contributed by atoms with E-state index in [1.54, 1.807) is 0 Å². The highest BCUT2D eigenvalue weighted by atomic mass is 79.9. The van der Waals surface area contributed by atoms with Gasteiger partial charge in [-0.1, -0.05) is 16.5 Å². The summed E-state index contributed by atoms with van der Waals surface area (Å²) in [5.74, 6) is -2.37. The first-order valence-electron chi connectivity index (χ1n) is 8.51. The standard InChI is InChI=1S/C15H17BrN6O7S2/c1-28-21-6(5-8(16)31-13(17)20-5)9(23)19-7-10(24)22-2-15(12(25)26,3-29-14(18)27)4-30-11(7)22/h7,11H,2-4H2,1H3,(H2,17,20)(H2,18,27)(H,19,23)(H,25,26)/t7?,11-,15?/m1/s1. The maximum atomic E-state index is 12.8.